The number of furan rings is 1. The van der Waals surface area contributed by atoms with Gasteiger partial charge in [0.25, 0.3) is 0 Å². The molecule has 312 valence electrons. The second-order valence-electron chi connectivity index (χ2n) is 16.8. The Bertz CT molecular complexity index is 4000. The van der Waals surface area contributed by atoms with Crippen LogP contribution in [0.25, 0.3) is 133 Å². The summed E-state index contributed by atoms with van der Waals surface area (Å²) in [6.07, 6.45) is 0. The number of aromatic nitrogens is 5. The number of para-hydroxylation sites is 1. The van der Waals surface area contributed by atoms with E-state index in [4.69, 9.17) is 29.3 Å². The van der Waals surface area contributed by atoms with Gasteiger partial charge in [0.2, 0.25) is 0 Å². The van der Waals surface area contributed by atoms with Gasteiger partial charge >= 0.3 is 0 Å². The molecule has 0 aliphatic heterocycles. The molecule has 0 saturated carbocycles. The van der Waals surface area contributed by atoms with Crippen molar-refractivity contribution < 1.29 is 4.42 Å². The highest BCUT2D eigenvalue weighted by Gasteiger charge is 2.19. The van der Waals surface area contributed by atoms with Crippen LogP contribution in [-0.4, -0.2) is 24.9 Å². The van der Waals surface area contributed by atoms with Crippen LogP contribution in [0.4, 0.5) is 0 Å². The highest BCUT2D eigenvalue weighted by atomic mass is 16.3. The Balaban J connectivity index is 0.938. The summed E-state index contributed by atoms with van der Waals surface area (Å²) in [6.45, 7) is 0. The Morgan fingerprint density at radius 1 is 0.239 bits per heavy atom. The molecule has 0 radical (unpaired) electrons. The van der Waals surface area contributed by atoms with Gasteiger partial charge in [-0.15, -0.1) is 0 Å². The maximum Gasteiger partial charge on any atom is 0.182 e. The van der Waals surface area contributed by atoms with Crippen molar-refractivity contribution in [2.24, 2.45) is 0 Å². The van der Waals surface area contributed by atoms with Gasteiger partial charge in [-0.1, -0.05) is 194 Å². The lowest BCUT2D eigenvalue weighted by molar-refractivity contribution is 0.669. The van der Waals surface area contributed by atoms with E-state index in [-0.39, 0.29) is 0 Å². The smallest absolute Gasteiger partial charge is 0.182 e. The molecule has 0 spiro atoms. The zero-order valence-corrected chi connectivity index (χ0v) is 36.0. The molecule has 0 atom stereocenters. The molecule has 0 aliphatic carbocycles. The zero-order valence-electron chi connectivity index (χ0n) is 36.0. The lowest BCUT2D eigenvalue weighted by Gasteiger charge is -2.13. The number of fused-ring (bicyclic) bond motifs is 9. The summed E-state index contributed by atoms with van der Waals surface area (Å²) in [5.74, 6) is 2.13. The molecule has 0 N–H and O–H groups in total. The molecule has 6 heteroatoms. The summed E-state index contributed by atoms with van der Waals surface area (Å²) >= 11 is 0. The summed E-state index contributed by atoms with van der Waals surface area (Å²) < 4.78 is 6.22. The minimum atomic E-state index is 0.452. The van der Waals surface area contributed by atoms with E-state index < -0.39 is 0 Å². The molecule has 0 fully saturated rings. The van der Waals surface area contributed by atoms with E-state index in [1.54, 1.807) is 0 Å². The van der Waals surface area contributed by atoms with Crippen LogP contribution in [0.3, 0.4) is 0 Å². The zero-order chi connectivity index (χ0) is 44.3. The quantitative estimate of drug-likeness (QED) is 0.149. The molecule has 0 saturated heterocycles. The molecule has 6 nitrogen and oxygen atoms in total. The van der Waals surface area contributed by atoms with Crippen molar-refractivity contribution in [1.82, 2.24) is 24.9 Å². The first kappa shape index (κ1) is 38.3. The third-order valence-corrected chi connectivity index (χ3v) is 12.7. The van der Waals surface area contributed by atoms with Crippen LogP contribution >= 0.6 is 0 Å². The van der Waals surface area contributed by atoms with Gasteiger partial charge in [0.05, 0.1) is 5.69 Å². The van der Waals surface area contributed by atoms with Crippen molar-refractivity contribution in [3.63, 3.8) is 0 Å². The Hall–Kier alpha value is -9.13. The minimum absolute atomic E-state index is 0.452. The van der Waals surface area contributed by atoms with E-state index in [2.05, 4.69) is 133 Å². The molecule has 3 aromatic heterocycles. The Labute approximate surface area is 385 Å². The van der Waals surface area contributed by atoms with Crippen molar-refractivity contribution in [2.75, 3.05) is 0 Å². The van der Waals surface area contributed by atoms with Crippen LogP contribution in [0.15, 0.2) is 229 Å². The standard InChI is InChI=1S/C61H37N5O/c1-3-15-39(16-4-1)58-62-53(44-20-13-19-42(35-44)43-33-34-50-48-23-8-7-21-46(48)47-22-9-10-24-49(47)52(50)36-43)37-54(63-58)61-65-59(40-17-5-2-6-18-40)64-60(66-61)41-31-29-38(30-32-41)45-26-14-28-56-57(45)51-25-11-12-27-55(51)67-56/h1-37H. The Morgan fingerprint density at radius 3 is 1.37 bits per heavy atom. The van der Waals surface area contributed by atoms with Crippen LogP contribution in [-0.2, 0) is 0 Å². The Kier molecular flexibility index (Phi) is 9.06. The van der Waals surface area contributed by atoms with E-state index in [1.165, 1.54) is 32.3 Å². The van der Waals surface area contributed by atoms with Crippen molar-refractivity contribution in [3.8, 4) is 79.2 Å². The van der Waals surface area contributed by atoms with E-state index in [0.717, 1.165) is 72.1 Å². The molecule has 0 bridgehead atoms. The van der Waals surface area contributed by atoms with E-state index >= 15 is 0 Å². The number of rotatable bonds is 7. The molecular formula is C61H37N5O. The van der Waals surface area contributed by atoms with Crippen LogP contribution < -0.4 is 0 Å². The molecular weight excluding hydrogens is 819 g/mol. The summed E-state index contributed by atoms with van der Waals surface area (Å²) in [4.78, 5) is 25.7. The molecule has 13 aromatic rings. The first-order chi connectivity index (χ1) is 33.2. The molecule has 67 heavy (non-hydrogen) atoms. The predicted octanol–water partition coefficient (Wildman–Crippen LogP) is 15.7. The Morgan fingerprint density at radius 2 is 0.687 bits per heavy atom. The van der Waals surface area contributed by atoms with Gasteiger partial charge in [-0.25, -0.2) is 24.9 Å². The summed E-state index contributed by atoms with van der Waals surface area (Å²) in [5.41, 5.74) is 11.1. The van der Waals surface area contributed by atoms with Crippen molar-refractivity contribution >= 4 is 54.3 Å². The monoisotopic (exact) mass is 855 g/mol. The summed E-state index contributed by atoms with van der Waals surface area (Å²) in [7, 11) is 0. The topological polar surface area (TPSA) is 77.6 Å². The first-order valence-electron chi connectivity index (χ1n) is 22.4. The highest BCUT2D eigenvalue weighted by Crippen LogP contribution is 2.40. The van der Waals surface area contributed by atoms with Gasteiger partial charge in [0.15, 0.2) is 23.3 Å². The maximum absolute atomic E-state index is 6.22. The number of hydrogen-bond acceptors (Lipinski definition) is 6. The average Bonchev–Trinajstić information content (AvgIpc) is 3.80. The fourth-order valence-electron chi connectivity index (χ4n) is 9.52. The van der Waals surface area contributed by atoms with Crippen molar-refractivity contribution in [3.05, 3.63) is 224 Å². The lowest BCUT2D eigenvalue weighted by Crippen LogP contribution is -2.03. The van der Waals surface area contributed by atoms with Crippen molar-refractivity contribution in [2.45, 2.75) is 0 Å². The number of nitrogens with zero attached hydrogens (tertiary/aromatic N) is 5. The second-order valence-corrected chi connectivity index (χ2v) is 16.8. The number of benzene rings is 10. The third kappa shape index (κ3) is 6.78. The third-order valence-electron chi connectivity index (χ3n) is 12.7. The average molecular weight is 856 g/mol. The van der Waals surface area contributed by atoms with E-state index in [0.29, 0.717) is 29.0 Å². The molecule has 3 heterocycles. The fourth-order valence-corrected chi connectivity index (χ4v) is 9.52. The molecule has 0 unspecified atom stereocenters. The van der Waals surface area contributed by atoms with Crippen LogP contribution in [0.2, 0.25) is 0 Å². The summed E-state index contributed by atoms with van der Waals surface area (Å²) in [6, 6.07) is 77.7. The van der Waals surface area contributed by atoms with E-state index in [9.17, 15) is 0 Å². The molecule has 13 rings (SSSR count). The van der Waals surface area contributed by atoms with Gasteiger partial charge in [0, 0.05) is 33.0 Å². The van der Waals surface area contributed by atoms with Gasteiger partial charge in [0.1, 0.15) is 16.9 Å². The highest BCUT2D eigenvalue weighted by molar-refractivity contribution is 6.25. The molecule has 0 aliphatic rings. The van der Waals surface area contributed by atoms with Gasteiger partial charge in [-0.3, -0.25) is 0 Å². The van der Waals surface area contributed by atoms with Crippen molar-refractivity contribution in [1.29, 1.82) is 0 Å². The second kappa shape index (κ2) is 15.8. The van der Waals surface area contributed by atoms with Gasteiger partial charge < -0.3 is 4.42 Å². The number of hydrogen-bond donors (Lipinski definition) is 0. The van der Waals surface area contributed by atoms with E-state index in [1.807, 2.05) is 91.0 Å². The SMILES string of the molecule is c1ccc(-c2nc(-c3cccc(-c4ccc5c6ccccc6c6ccccc6c5c4)c3)cc(-c3nc(-c4ccccc4)nc(-c4ccc(-c5cccc6oc7ccccc7c56)cc4)n3)n2)cc1. The normalized spacial score (nSPS) is 11.6. The van der Waals surface area contributed by atoms with Gasteiger partial charge in [-0.2, -0.15) is 0 Å². The molecule has 10 aromatic carbocycles. The minimum Gasteiger partial charge on any atom is -0.456 e. The van der Waals surface area contributed by atoms with Crippen LogP contribution in [0.1, 0.15) is 0 Å². The fraction of sp³-hybridized carbons (Fsp3) is 0. The summed E-state index contributed by atoms with van der Waals surface area (Å²) in [5, 5.41) is 9.67. The largest absolute Gasteiger partial charge is 0.456 e. The predicted molar refractivity (Wildman–Crippen MR) is 273 cm³/mol. The lowest BCUT2D eigenvalue weighted by atomic mass is 9.91. The maximum atomic E-state index is 6.22. The molecule has 0 amide bonds. The first-order valence-corrected chi connectivity index (χ1v) is 22.4. The van der Waals surface area contributed by atoms with Crippen LogP contribution in [0, 0.1) is 0 Å². The van der Waals surface area contributed by atoms with Crippen LogP contribution in [0.5, 0.6) is 0 Å². The van der Waals surface area contributed by atoms with Gasteiger partial charge in [-0.05, 0) is 84.9 Å².